The Labute approximate surface area is 119 Å². The molecule has 0 saturated heterocycles. The number of benzene rings is 1. The van der Waals surface area contributed by atoms with E-state index in [1.807, 2.05) is 0 Å². The molecule has 0 atom stereocenters. The van der Waals surface area contributed by atoms with E-state index in [1.54, 1.807) is 6.07 Å². The van der Waals surface area contributed by atoms with E-state index in [2.05, 4.69) is 25.9 Å². The number of halogens is 2. The Morgan fingerprint density at radius 1 is 1.16 bits per heavy atom. The summed E-state index contributed by atoms with van der Waals surface area (Å²) < 4.78 is 19.4. The largest absolute Gasteiger partial charge is 0.437 e. The van der Waals surface area contributed by atoms with Crippen LogP contribution in [0, 0.1) is 5.82 Å². The van der Waals surface area contributed by atoms with Gasteiger partial charge in [0.2, 0.25) is 5.88 Å². The lowest BCUT2D eigenvalue weighted by atomic mass is 9.97. The van der Waals surface area contributed by atoms with Crippen LogP contribution in [0.25, 0.3) is 0 Å². The van der Waals surface area contributed by atoms with Gasteiger partial charge in [0.25, 0.3) is 0 Å². The fourth-order valence-electron chi connectivity index (χ4n) is 2.24. The van der Waals surface area contributed by atoms with Crippen LogP contribution in [0.1, 0.15) is 24.1 Å². The molecule has 19 heavy (non-hydrogen) atoms. The van der Waals surface area contributed by atoms with Crippen LogP contribution in [-0.2, 0) is 12.8 Å². The van der Waals surface area contributed by atoms with E-state index in [1.165, 1.54) is 18.5 Å². The lowest BCUT2D eigenvalue weighted by Gasteiger charge is -2.17. The third-order valence-corrected chi connectivity index (χ3v) is 3.81. The molecule has 0 N–H and O–H groups in total. The van der Waals surface area contributed by atoms with E-state index in [0.29, 0.717) is 16.1 Å². The molecule has 1 aromatic heterocycles. The molecule has 5 heteroatoms. The van der Waals surface area contributed by atoms with Gasteiger partial charge < -0.3 is 4.74 Å². The maximum Gasteiger partial charge on any atom is 0.225 e. The first-order valence-corrected chi connectivity index (χ1v) is 6.99. The van der Waals surface area contributed by atoms with E-state index in [4.69, 9.17) is 4.74 Å². The van der Waals surface area contributed by atoms with Crippen LogP contribution in [0.3, 0.4) is 0 Å². The highest BCUT2D eigenvalue weighted by Crippen LogP contribution is 2.33. The van der Waals surface area contributed by atoms with Gasteiger partial charge in [-0.15, -0.1) is 0 Å². The van der Waals surface area contributed by atoms with Crippen LogP contribution in [0.5, 0.6) is 11.6 Å². The summed E-state index contributed by atoms with van der Waals surface area (Å²) in [7, 11) is 0. The number of hydrogen-bond donors (Lipinski definition) is 0. The minimum Gasteiger partial charge on any atom is -0.437 e. The Morgan fingerprint density at radius 2 is 2.00 bits per heavy atom. The van der Waals surface area contributed by atoms with Gasteiger partial charge in [0.1, 0.15) is 17.9 Å². The van der Waals surface area contributed by atoms with Gasteiger partial charge in [-0.05, 0) is 59.8 Å². The average Bonchev–Trinajstić information content (AvgIpc) is 2.42. The summed E-state index contributed by atoms with van der Waals surface area (Å²) in [5, 5.41) is 0. The molecule has 0 aliphatic heterocycles. The van der Waals surface area contributed by atoms with Crippen LogP contribution in [0.15, 0.2) is 29.0 Å². The third kappa shape index (κ3) is 2.61. The number of aryl methyl sites for hydroxylation is 1. The van der Waals surface area contributed by atoms with Crippen LogP contribution >= 0.6 is 15.9 Å². The lowest BCUT2D eigenvalue weighted by Crippen LogP contribution is -2.08. The predicted octanol–water partition coefficient (Wildman–Crippen LogP) is 4.05. The minimum absolute atomic E-state index is 0.302. The number of fused-ring (bicyclic) bond motifs is 1. The quantitative estimate of drug-likeness (QED) is 0.836. The van der Waals surface area contributed by atoms with E-state index in [0.717, 1.165) is 36.9 Å². The standard InChI is InChI=1S/C14H12BrFN2O/c15-11-7-9(16)5-6-13(11)19-14-10-3-1-2-4-12(10)17-8-18-14/h5-8H,1-4H2. The second-order valence-corrected chi connectivity index (χ2v) is 5.34. The fraction of sp³-hybridized carbons (Fsp3) is 0.286. The van der Waals surface area contributed by atoms with Gasteiger partial charge in [-0.1, -0.05) is 0 Å². The van der Waals surface area contributed by atoms with Gasteiger partial charge in [0.15, 0.2) is 0 Å². The highest BCUT2D eigenvalue weighted by Gasteiger charge is 2.17. The van der Waals surface area contributed by atoms with Crippen molar-refractivity contribution in [3.05, 3.63) is 46.1 Å². The fourth-order valence-corrected chi connectivity index (χ4v) is 2.67. The normalized spacial score (nSPS) is 14.0. The Hall–Kier alpha value is -1.49. The Bertz CT molecular complexity index is 618. The summed E-state index contributed by atoms with van der Waals surface area (Å²) in [5.41, 5.74) is 2.14. The first-order valence-electron chi connectivity index (χ1n) is 6.19. The topological polar surface area (TPSA) is 35.0 Å². The van der Waals surface area contributed by atoms with Crippen molar-refractivity contribution in [3.8, 4) is 11.6 Å². The molecule has 0 saturated carbocycles. The molecule has 0 unspecified atom stereocenters. The zero-order chi connectivity index (χ0) is 13.2. The summed E-state index contributed by atoms with van der Waals surface area (Å²) in [5.74, 6) is 0.842. The minimum atomic E-state index is -0.302. The second-order valence-electron chi connectivity index (χ2n) is 4.49. The van der Waals surface area contributed by atoms with E-state index >= 15 is 0 Å². The van der Waals surface area contributed by atoms with E-state index in [9.17, 15) is 4.39 Å². The molecular formula is C14H12BrFN2O. The monoisotopic (exact) mass is 322 g/mol. The third-order valence-electron chi connectivity index (χ3n) is 3.19. The number of nitrogens with zero attached hydrogens (tertiary/aromatic N) is 2. The summed E-state index contributed by atoms with van der Waals surface area (Å²) in [6.45, 7) is 0. The molecule has 0 amide bonds. The molecule has 0 bridgehead atoms. The molecule has 98 valence electrons. The first-order chi connectivity index (χ1) is 9.24. The molecule has 0 spiro atoms. The summed E-state index contributed by atoms with van der Waals surface area (Å²) in [6, 6.07) is 4.34. The van der Waals surface area contributed by atoms with Crippen LogP contribution in [-0.4, -0.2) is 9.97 Å². The number of ether oxygens (including phenoxy) is 1. The average molecular weight is 323 g/mol. The van der Waals surface area contributed by atoms with Crippen molar-refractivity contribution < 1.29 is 9.13 Å². The Morgan fingerprint density at radius 3 is 2.84 bits per heavy atom. The molecule has 1 aromatic carbocycles. The molecular weight excluding hydrogens is 311 g/mol. The van der Waals surface area contributed by atoms with Crippen molar-refractivity contribution in [3.63, 3.8) is 0 Å². The van der Waals surface area contributed by atoms with Crippen LogP contribution < -0.4 is 4.74 Å². The van der Waals surface area contributed by atoms with E-state index in [-0.39, 0.29) is 5.82 Å². The Balaban J connectivity index is 1.95. The van der Waals surface area contributed by atoms with Gasteiger partial charge in [-0.3, -0.25) is 0 Å². The van der Waals surface area contributed by atoms with Crippen LogP contribution in [0.4, 0.5) is 4.39 Å². The molecule has 3 rings (SSSR count). The first kappa shape index (κ1) is 12.5. The van der Waals surface area contributed by atoms with Gasteiger partial charge in [-0.25, -0.2) is 14.4 Å². The number of rotatable bonds is 2. The molecule has 3 nitrogen and oxygen atoms in total. The summed E-state index contributed by atoms with van der Waals surface area (Å²) in [6.07, 6.45) is 5.71. The van der Waals surface area contributed by atoms with Crippen molar-refractivity contribution in [1.29, 1.82) is 0 Å². The maximum atomic E-state index is 13.0. The molecule has 0 fully saturated rings. The highest BCUT2D eigenvalue weighted by molar-refractivity contribution is 9.10. The van der Waals surface area contributed by atoms with Gasteiger partial charge >= 0.3 is 0 Å². The van der Waals surface area contributed by atoms with Crippen LogP contribution in [0.2, 0.25) is 0 Å². The van der Waals surface area contributed by atoms with Crippen molar-refractivity contribution >= 4 is 15.9 Å². The predicted molar refractivity (Wildman–Crippen MR) is 72.8 cm³/mol. The van der Waals surface area contributed by atoms with Gasteiger partial charge in [0, 0.05) is 5.56 Å². The Kier molecular flexibility index (Phi) is 3.46. The van der Waals surface area contributed by atoms with Crippen molar-refractivity contribution in [1.82, 2.24) is 9.97 Å². The van der Waals surface area contributed by atoms with E-state index < -0.39 is 0 Å². The van der Waals surface area contributed by atoms with Crippen molar-refractivity contribution in [2.24, 2.45) is 0 Å². The lowest BCUT2D eigenvalue weighted by molar-refractivity contribution is 0.443. The zero-order valence-electron chi connectivity index (χ0n) is 10.2. The summed E-state index contributed by atoms with van der Waals surface area (Å²) in [4.78, 5) is 8.50. The SMILES string of the molecule is Fc1ccc(Oc2ncnc3c2CCCC3)c(Br)c1. The maximum absolute atomic E-state index is 13.0. The molecule has 0 radical (unpaired) electrons. The smallest absolute Gasteiger partial charge is 0.225 e. The molecule has 1 aliphatic carbocycles. The number of aromatic nitrogens is 2. The van der Waals surface area contributed by atoms with Crippen molar-refractivity contribution in [2.75, 3.05) is 0 Å². The second kappa shape index (κ2) is 5.25. The zero-order valence-corrected chi connectivity index (χ0v) is 11.8. The van der Waals surface area contributed by atoms with Gasteiger partial charge in [0.05, 0.1) is 10.2 Å². The van der Waals surface area contributed by atoms with Gasteiger partial charge in [-0.2, -0.15) is 0 Å². The van der Waals surface area contributed by atoms with Crippen molar-refractivity contribution in [2.45, 2.75) is 25.7 Å². The highest BCUT2D eigenvalue weighted by atomic mass is 79.9. The molecule has 2 aromatic rings. The number of hydrogen-bond acceptors (Lipinski definition) is 3. The molecule has 1 aliphatic rings. The summed E-state index contributed by atoms with van der Waals surface area (Å²) >= 11 is 3.29. The molecule has 1 heterocycles.